The maximum atomic E-state index is 10.5. The molecule has 0 amide bonds. The first-order chi connectivity index (χ1) is 13.5. The number of fused-ring (bicyclic) bond motifs is 1. The molecular formula is C25H45NO2. The summed E-state index contributed by atoms with van der Waals surface area (Å²) in [7, 11) is 4.28. The highest BCUT2D eigenvalue weighted by Gasteiger charge is 2.43. The van der Waals surface area contributed by atoms with E-state index in [1.54, 1.807) is 5.57 Å². The normalized spacial score (nSPS) is 28.3. The number of hydrogen-bond donors (Lipinski definition) is 2. The fourth-order valence-corrected chi connectivity index (χ4v) is 5.06. The van der Waals surface area contributed by atoms with Gasteiger partial charge in [-0.2, -0.15) is 0 Å². The van der Waals surface area contributed by atoms with E-state index in [4.69, 9.17) is 0 Å². The minimum absolute atomic E-state index is 0.224. The van der Waals surface area contributed by atoms with Gasteiger partial charge in [0.15, 0.2) is 0 Å². The summed E-state index contributed by atoms with van der Waals surface area (Å²) in [5, 5.41) is 20.8. The molecule has 0 aliphatic heterocycles. The first kappa shape index (κ1) is 23.6. The van der Waals surface area contributed by atoms with E-state index in [2.05, 4.69) is 38.1 Å². The van der Waals surface area contributed by atoms with Gasteiger partial charge in [0.2, 0.25) is 0 Å². The third-order valence-corrected chi connectivity index (χ3v) is 6.71. The van der Waals surface area contributed by atoms with Crippen molar-refractivity contribution in [3.05, 3.63) is 23.8 Å². The lowest BCUT2D eigenvalue weighted by Gasteiger charge is -2.19. The Morgan fingerprint density at radius 3 is 2.61 bits per heavy atom. The predicted octanol–water partition coefficient (Wildman–Crippen LogP) is 5.33. The van der Waals surface area contributed by atoms with Crippen LogP contribution in [0.3, 0.4) is 0 Å². The van der Waals surface area contributed by atoms with Crippen molar-refractivity contribution in [1.29, 1.82) is 0 Å². The number of allylic oxidation sites excluding steroid dienone is 2. The molecule has 0 bridgehead atoms. The number of unbranched alkanes of at least 4 members (excludes halogenated alkanes) is 6. The summed E-state index contributed by atoms with van der Waals surface area (Å²) >= 11 is 0. The van der Waals surface area contributed by atoms with Crippen LogP contribution in [0.5, 0.6) is 0 Å². The standard InChI is InChI=1S/C25H45NO2/c1-4-5-6-7-10-13-22(27)14-15-23-24-18-20(17-21(24)19-25(23)28)12-9-8-11-16-26(2)3/h14-15,17,21-25,27-28H,4-13,16,18-19H2,1-3H3/t21-,22+,23+,24-,25+/m0/s1. The Bertz CT molecular complexity index is 485. The Balaban J connectivity index is 1.69. The van der Waals surface area contributed by atoms with E-state index in [0.717, 1.165) is 25.7 Å². The average molecular weight is 392 g/mol. The molecule has 0 aromatic rings. The summed E-state index contributed by atoms with van der Waals surface area (Å²) in [4.78, 5) is 2.26. The van der Waals surface area contributed by atoms with Crippen molar-refractivity contribution >= 4 is 0 Å². The molecule has 2 rings (SSSR count). The van der Waals surface area contributed by atoms with E-state index in [1.165, 1.54) is 57.9 Å². The van der Waals surface area contributed by atoms with Crippen molar-refractivity contribution in [2.75, 3.05) is 20.6 Å². The molecular weight excluding hydrogens is 346 g/mol. The Hall–Kier alpha value is -0.640. The van der Waals surface area contributed by atoms with Crippen molar-refractivity contribution in [1.82, 2.24) is 4.90 Å². The summed E-state index contributed by atoms with van der Waals surface area (Å²) in [6.07, 6.45) is 20.2. The smallest absolute Gasteiger partial charge is 0.0721 e. The lowest BCUT2D eigenvalue weighted by atomic mass is 9.88. The van der Waals surface area contributed by atoms with Crippen molar-refractivity contribution in [3.8, 4) is 0 Å². The van der Waals surface area contributed by atoms with Crippen molar-refractivity contribution in [2.24, 2.45) is 17.8 Å². The first-order valence-corrected chi connectivity index (χ1v) is 11.9. The molecule has 0 aromatic heterocycles. The minimum Gasteiger partial charge on any atom is -0.392 e. The molecule has 0 aromatic carbocycles. The Labute approximate surface area is 173 Å². The zero-order valence-electron chi connectivity index (χ0n) is 18.7. The monoisotopic (exact) mass is 391 g/mol. The topological polar surface area (TPSA) is 43.7 Å². The van der Waals surface area contributed by atoms with Crippen LogP contribution in [0.2, 0.25) is 0 Å². The molecule has 0 radical (unpaired) electrons. The Morgan fingerprint density at radius 2 is 1.86 bits per heavy atom. The van der Waals surface area contributed by atoms with Crippen LogP contribution >= 0.6 is 0 Å². The van der Waals surface area contributed by atoms with Crippen molar-refractivity contribution < 1.29 is 10.2 Å². The average Bonchev–Trinajstić information content (AvgIpc) is 3.15. The minimum atomic E-state index is -0.349. The quantitative estimate of drug-likeness (QED) is 0.311. The Morgan fingerprint density at radius 1 is 1.11 bits per heavy atom. The summed E-state index contributed by atoms with van der Waals surface area (Å²) in [5.74, 6) is 1.33. The SMILES string of the molecule is CCCCCCC[C@@H](O)C=C[C@@H]1[C@H]2CC(CCCCCN(C)C)=C[C@H]2C[C@H]1O. The fourth-order valence-electron chi connectivity index (χ4n) is 5.06. The van der Waals surface area contributed by atoms with Gasteiger partial charge in [0, 0.05) is 5.92 Å². The van der Waals surface area contributed by atoms with E-state index in [0.29, 0.717) is 11.8 Å². The van der Waals surface area contributed by atoms with Gasteiger partial charge in [-0.1, -0.05) is 69.2 Å². The molecule has 162 valence electrons. The fraction of sp³-hybridized carbons (Fsp3) is 0.840. The summed E-state index contributed by atoms with van der Waals surface area (Å²) in [6, 6.07) is 0. The lowest BCUT2D eigenvalue weighted by Crippen LogP contribution is -2.18. The van der Waals surface area contributed by atoms with E-state index < -0.39 is 0 Å². The number of aliphatic hydroxyl groups excluding tert-OH is 2. The molecule has 0 unspecified atom stereocenters. The van der Waals surface area contributed by atoms with Gasteiger partial charge in [-0.15, -0.1) is 0 Å². The van der Waals surface area contributed by atoms with Crippen LogP contribution in [0.15, 0.2) is 23.8 Å². The third kappa shape index (κ3) is 8.00. The van der Waals surface area contributed by atoms with Crippen LogP contribution in [-0.2, 0) is 0 Å². The second-order valence-electron chi connectivity index (χ2n) is 9.51. The summed E-state index contributed by atoms with van der Waals surface area (Å²) in [6.45, 7) is 3.41. The highest BCUT2D eigenvalue weighted by Crippen LogP contribution is 2.48. The molecule has 2 aliphatic carbocycles. The first-order valence-electron chi connectivity index (χ1n) is 11.9. The molecule has 28 heavy (non-hydrogen) atoms. The van der Waals surface area contributed by atoms with E-state index >= 15 is 0 Å². The van der Waals surface area contributed by atoms with Crippen molar-refractivity contribution in [3.63, 3.8) is 0 Å². The second kappa shape index (κ2) is 12.8. The second-order valence-corrected chi connectivity index (χ2v) is 9.51. The zero-order valence-corrected chi connectivity index (χ0v) is 18.7. The van der Waals surface area contributed by atoms with Gasteiger partial charge in [-0.05, 0) is 71.0 Å². The number of hydrogen-bond acceptors (Lipinski definition) is 3. The van der Waals surface area contributed by atoms with Crippen LogP contribution in [0.1, 0.15) is 84.0 Å². The van der Waals surface area contributed by atoms with Crippen LogP contribution < -0.4 is 0 Å². The molecule has 0 saturated heterocycles. The van der Waals surface area contributed by atoms with Gasteiger partial charge < -0.3 is 15.1 Å². The van der Waals surface area contributed by atoms with Crippen LogP contribution in [0.4, 0.5) is 0 Å². The van der Waals surface area contributed by atoms with Gasteiger partial charge in [-0.3, -0.25) is 0 Å². The summed E-state index contributed by atoms with van der Waals surface area (Å²) < 4.78 is 0. The van der Waals surface area contributed by atoms with E-state index in [-0.39, 0.29) is 18.1 Å². The summed E-state index contributed by atoms with van der Waals surface area (Å²) in [5.41, 5.74) is 1.61. The highest BCUT2D eigenvalue weighted by atomic mass is 16.3. The number of rotatable bonds is 14. The van der Waals surface area contributed by atoms with E-state index in [9.17, 15) is 10.2 Å². The van der Waals surface area contributed by atoms with Gasteiger partial charge in [0.05, 0.1) is 12.2 Å². The third-order valence-electron chi connectivity index (χ3n) is 6.71. The molecule has 5 atom stereocenters. The highest BCUT2D eigenvalue weighted by molar-refractivity contribution is 5.20. The van der Waals surface area contributed by atoms with Gasteiger partial charge in [0.1, 0.15) is 0 Å². The maximum Gasteiger partial charge on any atom is 0.0721 e. The molecule has 3 nitrogen and oxygen atoms in total. The molecule has 1 fully saturated rings. The molecule has 0 heterocycles. The molecule has 3 heteroatoms. The van der Waals surface area contributed by atoms with Gasteiger partial charge in [0.25, 0.3) is 0 Å². The number of nitrogens with zero attached hydrogens (tertiary/aromatic N) is 1. The number of aliphatic hydroxyl groups is 2. The van der Waals surface area contributed by atoms with Crippen LogP contribution in [0, 0.1) is 17.8 Å². The maximum absolute atomic E-state index is 10.5. The molecule has 2 N–H and O–H groups in total. The van der Waals surface area contributed by atoms with Crippen LogP contribution in [-0.4, -0.2) is 48.0 Å². The van der Waals surface area contributed by atoms with Crippen LogP contribution in [0.25, 0.3) is 0 Å². The largest absolute Gasteiger partial charge is 0.392 e. The lowest BCUT2D eigenvalue weighted by molar-refractivity contribution is 0.139. The van der Waals surface area contributed by atoms with Gasteiger partial charge in [-0.25, -0.2) is 0 Å². The Kier molecular flexibility index (Phi) is 10.8. The molecule has 0 spiro atoms. The van der Waals surface area contributed by atoms with Crippen molar-refractivity contribution in [2.45, 2.75) is 96.2 Å². The molecule has 2 aliphatic rings. The molecule has 1 saturated carbocycles. The van der Waals surface area contributed by atoms with E-state index in [1.807, 2.05) is 6.08 Å². The zero-order chi connectivity index (χ0) is 20.4. The van der Waals surface area contributed by atoms with Gasteiger partial charge >= 0.3 is 0 Å². The predicted molar refractivity (Wildman–Crippen MR) is 119 cm³/mol.